The van der Waals surface area contributed by atoms with Crippen molar-refractivity contribution in [3.05, 3.63) is 64.7 Å². The van der Waals surface area contributed by atoms with E-state index >= 15 is 0 Å². The summed E-state index contributed by atoms with van der Waals surface area (Å²) in [5.74, 6) is -7.84. The van der Waals surface area contributed by atoms with E-state index in [4.69, 9.17) is 0 Å². The normalized spacial score (nSPS) is 12.8. The largest absolute Gasteiger partial charge is 0.435 e. The molecule has 0 saturated heterocycles. The van der Waals surface area contributed by atoms with E-state index in [0.29, 0.717) is 0 Å². The summed E-state index contributed by atoms with van der Waals surface area (Å²) in [5.41, 5.74) is -1.48. The van der Waals surface area contributed by atoms with Crippen molar-refractivity contribution in [2.75, 3.05) is 5.32 Å². The third-order valence-corrected chi connectivity index (χ3v) is 4.60. The van der Waals surface area contributed by atoms with Gasteiger partial charge in [-0.1, -0.05) is 6.92 Å². The van der Waals surface area contributed by atoms with Gasteiger partial charge in [-0.15, -0.1) is 0 Å². The Hall–Kier alpha value is -3.38. The van der Waals surface area contributed by atoms with Crippen LogP contribution < -0.4 is 5.32 Å². The van der Waals surface area contributed by atoms with Crippen LogP contribution in [0, 0.1) is 36.1 Å². The predicted octanol–water partition coefficient (Wildman–Crippen LogP) is 4.29. The maximum Gasteiger partial charge on any atom is 0.435 e. The summed E-state index contributed by atoms with van der Waals surface area (Å²) >= 11 is 0. The van der Waals surface area contributed by atoms with Crippen molar-refractivity contribution >= 4 is 11.6 Å². The van der Waals surface area contributed by atoms with Gasteiger partial charge in [0.1, 0.15) is 5.82 Å². The smallest absolute Gasteiger partial charge is 0.323 e. The number of halogens is 7. The van der Waals surface area contributed by atoms with E-state index in [1.165, 1.54) is 20.0 Å². The molecular weight excluding hydrogens is 447 g/mol. The predicted molar refractivity (Wildman–Crippen MR) is 97.4 cm³/mol. The number of aryl methyl sites for hydroxylation is 1. The van der Waals surface area contributed by atoms with Crippen molar-refractivity contribution in [3.63, 3.8) is 0 Å². The fourth-order valence-corrected chi connectivity index (χ4v) is 2.87. The number of carbonyl (C=O) groups is 1. The molecule has 3 aromatic rings. The number of rotatable bonds is 6. The number of anilines is 1. The van der Waals surface area contributed by atoms with Crippen molar-refractivity contribution in [2.45, 2.75) is 33.1 Å². The van der Waals surface area contributed by atoms with Crippen LogP contribution in [0.3, 0.4) is 0 Å². The topological polar surface area (TPSA) is 64.7 Å². The Morgan fingerprint density at radius 1 is 1.12 bits per heavy atom. The quantitative estimate of drug-likeness (QED) is 0.337. The lowest BCUT2D eigenvalue weighted by molar-refractivity contribution is -0.141. The molecule has 1 unspecified atom stereocenters. The second-order valence-corrected chi connectivity index (χ2v) is 7.11. The van der Waals surface area contributed by atoms with Gasteiger partial charge in [0.25, 0.3) is 0 Å². The van der Waals surface area contributed by atoms with Crippen LogP contribution in [0.1, 0.15) is 23.9 Å². The summed E-state index contributed by atoms with van der Waals surface area (Å²) in [5, 5.41) is 9.72. The molecule has 0 bridgehead atoms. The highest BCUT2D eigenvalue weighted by Gasteiger charge is 2.34. The van der Waals surface area contributed by atoms with Crippen LogP contribution in [0.2, 0.25) is 0 Å². The Balaban J connectivity index is 1.66. The molecule has 6 nitrogen and oxygen atoms in total. The van der Waals surface area contributed by atoms with Gasteiger partial charge in [0.2, 0.25) is 5.91 Å². The Bertz CT molecular complexity index is 1150. The van der Waals surface area contributed by atoms with Crippen molar-refractivity contribution in [1.82, 2.24) is 19.6 Å². The van der Waals surface area contributed by atoms with Crippen LogP contribution >= 0.6 is 0 Å². The molecule has 1 N–H and O–H groups in total. The molecule has 1 aromatic carbocycles. The number of nitrogens with one attached hydrogen (secondary N) is 1. The maximum absolute atomic E-state index is 13.8. The lowest BCUT2D eigenvalue weighted by atomic mass is 10.1. The van der Waals surface area contributed by atoms with Crippen LogP contribution in [-0.2, 0) is 24.1 Å². The minimum absolute atomic E-state index is 0.124. The van der Waals surface area contributed by atoms with Gasteiger partial charge >= 0.3 is 6.18 Å². The summed E-state index contributed by atoms with van der Waals surface area (Å²) in [7, 11) is 0. The van der Waals surface area contributed by atoms with Crippen LogP contribution in [0.15, 0.2) is 24.5 Å². The monoisotopic (exact) mass is 463 g/mol. The fraction of sp³-hybridized carbons (Fsp3) is 0.316. The van der Waals surface area contributed by atoms with E-state index in [9.17, 15) is 35.5 Å². The third kappa shape index (κ3) is 4.92. The van der Waals surface area contributed by atoms with Gasteiger partial charge in [0.05, 0.1) is 30.9 Å². The minimum Gasteiger partial charge on any atom is -0.323 e. The molecule has 1 atom stereocenters. The van der Waals surface area contributed by atoms with Crippen molar-refractivity contribution in [3.8, 4) is 0 Å². The zero-order valence-corrected chi connectivity index (χ0v) is 16.6. The highest BCUT2D eigenvalue weighted by molar-refractivity contribution is 5.91. The first kappa shape index (κ1) is 23.3. The molecule has 2 heterocycles. The summed E-state index contributed by atoms with van der Waals surface area (Å²) in [4.78, 5) is 12.4. The molecule has 3 rings (SSSR count). The lowest BCUT2D eigenvalue weighted by Gasteiger charge is -2.12. The van der Waals surface area contributed by atoms with Gasteiger partial charge in [0, 0.05) is 23.5 Å². The van der Waals surface area contributed by atoms with E-state index in [1.54, 1.807) is 0 Å². The van der Waals surface area contributed by atoms with Crippen molar-refractivity contribution in [2.24, 2.45) is 5.92 Å². The molecule has 0 radical (unpaired) electrons. The van der Waals surface area contributed by atoms with Gasteiger partial charge in [-0.25, -0.2) is 17.6 Å². The zero-order valence-electron chi connectivity index (χ0n) is 16.6. The fourth-order valence-electron chi connectivity index (χ4n) is 2.87. The molecule has 0 aliphatic heterocycles. The SMILES string of the molecule is Cc1cc(C(F)(F)F)nn1CC(C)C(=O)Nc1cnn(Cc2c(F)cc(F)c(F)c2F)c1. The number of nitrogens with zero attached hydrogens (tertiary/aromatic N) is 4. The summed E-state index contributed by atoms with van der Waals surface area (Å²) in [6, 6.07) is 1.08. The first-order valence-corrected chi connectivity index (χ1v) is 9.13. The number of hydrogen-bond donors (Lipinski definition) is 1. The molecule has 0 aliphatic rings. The second kappa shape index (κ2) is 8.63. The summed E-state index contributed by atoms with van der Waals surface area (Å²) < 4.78 is 94.3. The van der Waals surface area contributed by atoms with Crippen LogP contribution in [0.4, 0.5) is 36.4 Å². The summed E-state index contributed by atoms with van der Waals surface area (Å²) in [6.07, 6.45) is -2.25. The number of amides is 1. The zero-order chi connectivity index (χ0) is 23.8. The Labute approximate surface area is 176 Å². The first-order chi connectivity index (χ1) is 14.9. The number of aromatic nitrogens is 4. The van der Waals surface area contributed by atoms with E-state index in [2.05, 4.69) is 15.5 Å². The molecule has 172 valence electrons. The van der Waals surface area contributed by atoms with Crippen molar-refractivity contribution < 1.29 is 35.5 Å². The Morgan fingerprint density at radius 2 is 1.81 bits per heavy atom. The molecular formula is C19H16F7N5O. The molecule has 2 aromatic heterocycles. The molecule has 0 aliphatic carbocycles. The van der Waals surface area contributed by atoms with Crippen LogP contribution in [-0.4, -0.2) is 25.5 Å². The van der Waals surface area contributed by atoms with E-state index in [0.717, 1.165) is 21.6 Å². The highest BCUT2D eigenvalue weighted by Crippen LogP contribution is 2.28. The molecule has 0 spiro atoms. The van der Waals surface area contributed by atoms with Gasteiger partial charge in [-0.05, 0) is 13.0 Å². The van der Waals surface area contributed by atoms with Gasteiger partial charge in [0.15, 0.2) is 23.1 Å². The molecule has 13 heteroatoms. The maximum atomic E-state index is 13.8. The average molecular weight is 463 g/mol. The van der Waals surface area contributed by atoms with Gasteiger partial charge in [-0.3, -0.25) is 14.2 Å². The molecule has 32 heavy (non-hydrogen) atoms. The number of carbonyl (C=O) groups excluding carboxylic acids is 1. The van der Waals surface area contributed by atoms with Crippen LogP contribution in [0.25, 0.3) is 0 Å². The van der Waals surface area contributed by atoms with Gasteiger partial charge < -0.3 is 5.32 Å². The second-order valence-electron chi connectivity index (χ2n) is 7.11. The molecule has 1 amide bonds. The van der Waals surface area contributed by atoms with E-state index in [-0.39, 0.29) is 24.0 Å². The molecule has 0 fully saturated rings. The van der Waals surface area contributed by atoms with E-state index < -0.39 is 59.1 Å². The first-order valence-electron chi connectivity index (χ1n) is 9.13. The highest BCUT2D eigenvalue weighted by atomic mass is 19.4. The standard InChI is InChI=1S/C19H16F7N5O/c1-9(6-31-10(2)3-15(29-31)19(24,25)26)18(32)28-11-5-27-30(7-11)8-12-13(20)4-14(21)17(23)16(12)22/h3-5,7,9H,6,8H2,1-2H3,(H,28,32). The Kier molecular flexibility index (Phi) is 6.28. The van der Waals surface area contributed by atoms with Gasteiger partial charge in [-0.2, -0.15) is 23.4 Å². The average Bonchev–Trinajstić information content (AvgIpc) is 3.29. The molecule has 0 saturated carbocycles. The summed E-state index contributed by atoms with van der Waals surface area (Å²) in [6.45, 7) is 2.19. The lowest BCUT2D eigenvalue weighted by Crippen LogP contribution is -2.25. The van der Waals surface area contributed by atoms with Crippen molar-refractivity contribution in [1.29, 1.82) is 0 Å². The third-order valence-electron chi connectivity index (χ3n) is 4.60. The number of hydrogen-bond acceptors (Lipinski definition) is 3. The minimum atomic E-state index is -4.61. The number of benzene rings is 1. The number of alkyl halides is 3. The Morgan fingerprint density at radius 3 is 2.44 bits per heavy atom. The van der Waals surface area contributed by atoms with Crippen LogP contribution in [0.5, 0.6) is 0 Å². The van der Waals surface area contributed by atoms with E-state index in [1.807, 2.05) is 0 Å².